The van der Waals surface area contributed by atoms with Crippen molar-refractivity contribution in [2.24, 2.45) is 5.92 Å². The molecule has 0 saturated heterocycles. The van der Waals surface area contributed by atoms with Gasteiger partial charge < -0.3 is 4.98 Å². The molecule has 3 nitrogen and oxygen atoms in total. The fourth-order valence-corrected chi connectivity index (χ4v) is 3.27. The third kappa shape index (κ3) is 3.38. The van der Waals surface area contributed by atoms with Gasteiger partial charge in [-0.25, -0.2) is 0 Å². The van der Waals surface area contributed by atoms with Gasteiger partial charge in [-0.15, -0.1) is 0 Å². The maximum Gasteiger partial charge on any atom is 0.247 e. The molecule has 1 aromatic carbocycles. The van der Waals surface area contributed by atoms with Crippen LogP contribution in [0.25, 0.3) is 0 Å². The molecule has 1 heterocycles. The van der Waals surface area contributed by atoms with E-state index in [9.17, 15) is 9.59 Å². The SMILES string of the molecule is O=C(CC(c1ccc(Br)cc1)C1CCC1)c1ccc(=O)[nH]c1. The van der Waals surface area contributed by atoms with Crippen molar-refractivity contribution < 1.29 is 4.79 Å². The van der Waals surface area contributed by atoms with Crippen molar-refractivity contribution in [1.82, 2.24) is 4.98 Å². The summed E-state index contributed by atoms with van der Waals surface area (Å²) in [6.45, 7) is 0. The van der Waals surface area contributed by atoms with Crippen LogP contribution in [0.1, 0.15) is 47.5 Å². The molecule has 0 aliphatic heterocycles. The second-order valence-electron chi connectivity index (χ2n) is 5.92. The van der Waals surface area contributed by atoms with Gasteiger partial charge >= 0.3 is 0 Å². The van der Waals surface area contributed by atoms with Crippen LogP contribution in [0.3, 0.4) is 0 Å². The first-order valence-corrected chi connectivity index (χ1v) is 8.40. The Bertz CT molecular complexity index is 696. The van der Waals surface area contributed by atoms with Crippen molar-refractivity contribution in [1.29, 1.82) is 0 Å². The number of carbonyl (C=O) groups excluding carboxylic acids is 1. The van der Waals surface area contributed by atoms with Crippen molar-refractivity contribution in [2.45, 2.75) is 31.6 Å². The Kier molecular flexibility index (Phi) is 4.57. The lowest BCUT2D eigenvalue weighted by Gasteiger charge is -2.34. The van der Waals surface area contributed by atoms with E-state index in [-0.39, 0.29) is 17.3 Å². The minimum atomic E-state index is -0.181. The smallest absolute Gasteiger partial charge is 0.247 e. The minimum Gasteiger partial charge on any atom is -0.328 e. The molecule has 1 aromatic heterocycles. The van der Waals surface area contributed by atoms with Gasteiger partial charge in [0, 0.05) is 28.7 Å². The van der Waals surface area contributed by atoms with Crippen LogP contribution < -0.4 is 5.56 Å². The lowest BCUT2D eigenvalue weighted by atomic mass is 9.71. The van der Waals surface area contributed by atoms with Gasteiger partial charge in [0.05, 0.1) is 0 Å². The topological polar surface area (TPSA) is 49.9 Å². The lowest BCUT2D eigenvalue weighted by molar-refractivity contribution is 0.0950. The highest BCUT2D eigenvalue weighted by atomic mass is 79.9. The molecular weight excluding hydrogens is 342 g/mol. The number of aromatic amines is 1. The Hall–Kier alpha value is -1.68. The Morgan fingerprint density at radius 1 is 1.18 bits per heavy atom. The summed E-state index contributed by atoms with van der Waals surface area (Å²) in [5.41, 5.74) is 1.63. The molecule has 114 valence electrons. The summed E-state index contributed by atoms with van der Waals surface area (Å²) >= 11 is 3.46. The Labute approximate surface area is 137 Å². The van der Waals surface area contributed by atoms with Crippen LogP contribution in [-0.2, 0) is 0 Å². The summed E-state index contributed by atoms with van der Waals surface area (Å²) in [6.07, 6.45) is 5.66. The molecule has 1 atom stereocenters. The molecule has 0 bridgehead atoms. The molecule has 0 spiro atoms. The molecule has 2 aromatic rings. The predicted octanol–water partition coefficient (Wildman–Crippen LogP) is 4.29. The number of pyridine rings is 1. The number of hydrogen-bond donors (Lipinski definition) is 1. The Balaban J connectivity index is 1.80. The van der Waals surface area contributed by atoms with E-state index in [1.807, 2.05) is 12.1 Å². The minimum absolute atomic E-state index is 0.0936. The maximum absolute atomic E-state index is 12.5. The molecule has 1 N–H and O–H groups in total. The van der Waals surface area contributed by atoms with Gasteiger partial charge in [-0.2, -0.15) is 0 Å². The zero-order chi connectivity index (χ0) is 15.5. The van der Waals surface area contributed by atoms with Crippen LogP contribution >= 0.6 is 15.9 Å². The standard InChI is InChI=1S/C18H18BrNO2/c19-15-7-4-13(5-8-15)16(12-2-1-3-12)10-17(21)14-6-9-18(22)20-11-14/h4-9,11-12,16H,1-3,10H2,(H,20,22). The van der Waals surface area contributed by atoms with Gasteiger partial charge in [-0.1, -0.05) is 34.5 Å². The van der Waals surface area contributed by atoms with Gasteiger partial charge in [0.2, 0.25) is 5.56 Å². The quantitative estimate of drug-likeness (QED) is 0.809. The van der Waals surface area contributed by atoms with Crippen molar-refractivity contribution >= 4 is 21.7 Å². The average molecular weight is 360 g/mol. The second-order valence-corrected chi connectivity index (χ2v) is 6.83. The molecular formula is C18H18BrNO2. The van der Waals surface area contributed by atoms with E-state index in [4.69, 9.17) is 0 Å². The molecule has 1 saturated carbocycles. The van der Waals surface area contributed by atoms with Crippen LogP contribution in [0.4, 0.5) is 0 Å². The van der Waals surface area contributed by atoms with Crippen LogP contribution in [0.15, 0.2) is 51.9 Å². The molecule has 1 aliphatic rings. The first-order valence-electron chi connectivity index (χ1n) is 7.61. The van der Waals surface area contributed by atoms with Crippen LogP contribution in [0, 0.1) is 5.92 Å². The summed E-state index contributed by atoms with van der Waals surface area (Å²) in [6, 6.07) is 11.3. The van der Waals surface area contributed by atoms with Crippen LogP contribution in [0.2, 0.25) is 0 Å². The van der Waals surface area contributed by atoms with E-state index in [2.05, 4.69) is 33.0 Å². The lowest BCUT2D eigenvalue weighted by Crippen LogP contribution is -2.23. The first-order chi connectivity index (χ1) is 10.6. The van der Waals surface area contributed by atoms with Gasteiger partial charge in [-0.05, 0) is 48.4 Å². The van der Waals surface area contributed by atoms with E-state index in [1.54, 1.807) is 6.07 Å². The predicted molar refractivity (Wildman–Crippen MR) is 90.2 cm³/mol. The molecule has 1 aliphatic carbocycles. The first kappa shape index (κ1) is 15.2. The highest BCUT2D eigenvalue weighted by molar-refractivity contribution is 9.10. The van der Waals surface area contributed by atoms with E-state index < -0.39 is 0 Å². The summed E-state index contributed by atoms with van der Waals surface area (Å²) in [5, 5.41) is 0. The summed E-state index contributed by atoms with van der Waals surface area (Å²) in [5.74, 6) is 0.949. The summed E-state index contributed by atoms with van der Waals surface area (Å²) in [7, 11) is 0. The molecule has 0 amide bonds. The van der Waals surface area contributed by atoms with Crippen LogP contribution in [0.5, 0.6) is 0 Å². The van der Waals surface area contributed by atoms with Gasteiger partial charge in [-0.3, -0.25) is 9.59 Å². The van der Waals surface area contributed by atoms with Gasteiger partial charge in [0.25, 0.3) is 0 Å². The monoisotopic (exact) mass is 359 g/mol. The summed E-state index contributed by atoms with van der Waals surface area (Å²) < 4.78 is 1.05. The number of hydrogen-bond acceptors (Lipinski definition) is 2. The van der Waals surface area contributed by atoms with Crippen LogP contribution in [-0.4, -0.2) is 10.8 Å². The number of rotatable bonds is 5. The maximum atomic E-state index is 12.5. The average Bonchev–Trinajstić information content (AvgIpc) is 2.46. The molecule has 4 heteroatoms. The molecule has 1 unspecified atom stereocenters. The Morgan fingerprint density at radius 3 is 2.45 bits per heavy atom. The number of Topliss-reactive ketones (excluding diaryl/α,β-unsaturated/α-hetero) is 1. The zero-order valence-electron chi connectivity index (χ0n) is 12.2. The number of nitrogens with one attached hydrogen (secondary N) is 1. The third-order valence-electron chi connectivity index (χ3n) is 4.53. The van der Waals surface area contributed by atoms with Crippen molar-refractivity contribution in [3.05, 3.63) is 68.5 Å². The highest BCUT2D eigenvalue weighted by Crippen LogP contribution is 2.42. The van der Waals surface area contributed by atoms with Crippen molar-refractivity contribution in [2.75, 3.05) is 0 Å². The van der Waals surface area contributed by atoms with Gasteiger partial charge in [0.15, 0.2) is 5.78 Å². The Morgan fingerprint density at radius 2 is 1.91 bits per heavy atom. The fraction of sp³-hybridized carbons (Fsp3) is 0.333. The van der Waals surface area contributed by atoms with Gasteiger partial charge in [0.1, 0.15) is 0 Å². The third-order valence-corrected chi connectivity index (χ3v) is 5.06. The number of carbonyl (C=O) groups is 1. The normalized spacial score (nSPS) is 16.0. The number of ketones is 1. The molecule has 1 fully saturated rings. The van der Waals surface area contributed by atoms with E-state index in [0.29, 0.717) is 17.9 Å². The number of halogens is 1. The fourth-order valence-electron chi connectivity index (χ4n) is 3.01. The molecule has 22 heavy (non-hydrogen) atoms. The molecule has 3 rings (SSSR count). The van der Waals surface area contributed by atoms with E-state index in [0.717, 1.165) is 4.47 Å². The van der Waals surface area contributed by atoms with E-state index >= 15 is 0 Å². The number of aromatic nitrogens is 1. The molecule has 0 radical (unpaired) electrons. The zero-order valence-corrected chi connectivity index (χ0v) is 13.8. The van der Waals surface area contributed by atoms with Crippen molar-refractivity contribution in [3.63, 3.8) is 0 Å². The number of H-pyrrole nitrogens is 1. The van der Waals surface area contributed by atoms with E-state index in [1.165, 1.54) is 37.1 Å². The summed E-state index contributed by atoms with van der Waals surface area (Å²) in [4.78, 5) is 26.2. The highest BCUT2D eigenvalue weighted by Gasteiger charge is 2.30. The van der Waals surface area contributed by atoms with Crippen molar-refractivity contribution in [3.8, 4) is 0 Å². The largest absolute Gasteiger partial charge is 0.328 e. The number of benzene rings is 1. The second kappa shape index (κ2) is 6.61.